The highest BCUT2D eigenvalue weighted by Gasteiger charge is 2.41. The van der Waals surface area contributed by atoms with Crippen molar-refractivity contribution in [2.45, 2.75) is 18.6 Å². The summed E-state index contributed by atoms with van der Waals surface area (Å²) in [6, 6.07) is -0.0913. The average Bonchev–Trinajstić information content (AvgIpc) is 2.73. The van der Waals surface area contributed by atoms with Crippen molar-refractivity contribution in [3.63, 3.8) is 0 Å². The zero-order valence-electron chi connectivity index (χ0n) is 9.06. The minimum atomic E-state index is -0.561. The number of hydrogen-bond donors (Lipinski definition) is 3. The number of aliphatic hydroxyl groups excluding tert-OH is 2. The zero-order chi connectivity index (χ0) is 12.0. The molecule has 90 valence electrons. The van der Waals surface area contributed by atoms with Crippen LogP contribution in [0.4, 0.5) is 5.82 Å². The van der Waals surface area contributed by atoms with Gasteiger partial charge in [0.1, 0.15) is 11.8 Å². The van der Waals surface area contributed by atoms with E-state index in [1.807, 2.05) is 0 Å². The summed E-state index contributed by atoms with van der Waals surface area (Å²) in [4.78, 5) is 12.1. The van der Waals surface area contributed by atoms with Gasteiger partial charge in [-0.05, 0) is 6.42 Å². The number of rotatable bonds is 2. The van der Waals surface area contributed by atoms with Gasteiger partial charge in [0.2, 0.25) is 0 Å². The Balaban J connectivity index is 2.00. The molecule has 4 N–H and O–H groups in total. The maximum absolute atomic E-state index is 9.88. The lowest BCUT2D eigenvalue weighted by Gasteiger charge is -2.40. The quantitative estimate of drug-likeness (QED) is 0.636. The highest BCUT2D eigenvalue weighted by molar-refractivity contribution is 5.81. The lowest BCUT2D eigenvalue weighted by molar-refractivity contribution is -0.0550. The van der Waals surface area contributed by atoms with Crippen LogP contribution in [0.25, 0.3) is 11.2 Å². The standard InChI is InChI=1S/C10H13N5O2/c11-9-7-10(13-3-12-9)15(4-14-7)6-1-5(2-16)8(6)17/h3-6,8,16-17H,1-2H2,(H2,11,12,13)/t5-,6-,8?/m1/s1. The third kappa shape index (κ3) is 1.39. The Labute approximate surface area is 96.9 Å². The molecule has 17 heavy (non-hydrogen) atoms. The number of nitrogens with zero attached hydrogens (tertiary/aromatic N) is 4. The van der Waals surface area contributed by atoms with E-state index in [1.165, 1.54) is 6.33 Å². The molecular formula is C10H13N5O2. The van der Waals surface area contributed by atoms with Gasteiger partial charge in [0.05, 0.1) is 18.5 Å². The minimum Gasteiger partial charge on any atom is -0.396 e. The van der Waals surface area contributed by atoms with Crippen molar-refractivity contribution < 1.29 is 10.2 Å². The normalized spacial score (nSPS) is 28.2. The van der Waals surface area contributed by atoms with E-state index < -0.39 is 6.10 Å². The van der Waals surface area contributed by atoms with Gasteiger partial charge in [0.25, 0.3) is 0 Å². The first-order valence-electron chi connectivity index (χ1n) is 5.44. The van der Waals surface area contributed by atoms with Crippen molar-refractivity contribution in [3.05, 3.63) is 12.7 Å². The van der Waals surface area contributed by atoms with Crippen LogP contribution in [0.1, 0.15) is 12.5 Å². The second kappa shape index (κ2) is 3.64. The molecule has 7 heteroatoms. The SMILES string of the molecule is Nc1ncnc2c1ncn2[C@@H]1C[C@H](CO)C1O. The van der Waals surface area contributed by atoms with E-state index in [0.29, 0.717) is 23.4 Å². The smallest absolute Gasteiger partial charge is 0.165 e. The van der Waals surface area contributed by atoms with Gasteiger partial charge in [-0.3, -0.25) is 0 Å². The first-order valence-corrected chi connectivity index (χ1v) is 5.44. The van der Waals surface area contributed by atoms with Crippen molar-refractivity contribution >= 4 is 17.0 Å². The maximum Gasteiger partial charge on any atom is 0.165 e. The molecule has 1 fully saturated rings. The van der Waals surface area contributed by atoms with Crippen LogP contribution in [0, 0.1) is 5.92 Å². The molecule has 7 nitrogen and oxygen atoms in total. The lowest BCUT2D eigenvalue weighted by Crippen LogP contribution is -2.44. The number of hydrogen-bond acceptors (Lipinski definition) is 6. The topological polar surface area (TPSA) is 110 Å². The highest BCUT2D eigenvalue weighted by atomic mass is 16.3. The summed E-state index contributed by atoms with van der Waals surface area (Å²) in [6.45, 7) is 0.00141. The van der Waals surface area contributed by atoms with Gasteiger partial charge < -0.3 is 20.5 Å². The largest absolute Gasteiger partial charge is 0.396 e. The van der Waals surface area contributed by atoms with Crippen molar-refractivity contribution in [1.29, 1.82) is 0 Å². The fraction of sp³-hybridized carbons (Fsp3) is 0.500. The Morgan fingerprint density at radius 2 is 2.24 bits per heavy atom. The van der Waals surface area contributed by atoms with Gasteiger partial charge in [0.15, 0.2) is 11.5 Å². The molecule has 1 unspecified atom stereocenters. The number of nitrogen functional groups attached to an aromatic ring is 1. The molecule has 1 aliphatic carbocycles. The summed E-state index contributed by atoms with van der Waals surface area (Å²) in [5.41, 5.74) is 6.86. The minimum absolute atomic E-state index is 0.00141. The molecule has 0 saturated heterocycles. The van der Waals surface area contributed by atoms with Crippen LogP contribution in [0.15, 0.2) is 12.7 Å². The van der Waals surface area contributed by atoms with E-state index in [1.54, 1.807) is 10.9 Å². The van der Waals surface area contributed by atoms with E-state index >= 15 is 0 Å². The number of anilines is 1. The van der Waals surface area contributed by atoms with E-state index in [4.69, 9.17) is 10.8 Å². The number of aliphatic hydroxyl groups is 2. The molecule has 3 rings (SSSR count). The summed E-state index contributed by atoms with van der Waals surface area (Å²) < 4.78 is 1.80. The zero-order valence-corrected chi connectivity index (χ0v) is 9.06. The Hall–Kier alpha value is -1.73. The second-order valence-electron chi connectivity index (χ2n) is 4.32. The Morgan fingerprint density at radius 3 is 2.94 bits per heavy atom. The molecule has 2 aromatic heterocycles. The van der Waals surface area contributed by atoms with Crippen LogP contribution in [0.5, 0.6) is 0 Å². The average molecular weight is 235 g/mol. The van der Waals surface area contributed by atoms with E-state index in [0.717, 1.165) is 0 Å². The molecule has 0 spiro atoms. The van der Waals surface area contributed by atoms with Crippen molar-refractivity contribution in [2.75, 3.05) is 12.3 Å². The van der Waals surface area contributed by atoms with Crippen LogP contribution in [0.2, 0.25) is 0 Å². The first-order chi connectivity index (χ1) is 8.22. The van der Waals surface area contributed by atoms with Crippen molar-refractivity contribution in [3.8, 4) is 0 Å². The lowest BCUT2D eigenvalue weighted by atomic mass is 9.77. The number of imidazole rings is 1. The van der Waals surface area contributed by atoms with Gasteiger partial charge in [-0.1, -0.05) is 0 Å². The molecule has 3 atom stereocenters. The molecule has 2 heterocycles. The van der Waals surface area contributed by atoms with Gasteiger partial charge in [-0.25, -0.2) is 15.0 Å². The Kier molecular flexibility index (Phi) is 2.23. The molecule has 1 aliphatic rings. The summed E-state index contributed by atoms with van der Waals surface area (Å²) in [5, 5.41) is 18.9. The Morgan fingerprint density at radius 1 is 1.41 bits per heavy atom. The summed E-state index contributed by atoms with van der Waals surface area (Å²) >= 11 is 0. The van der Waals surface area contributed by atoms with Crippen molar-refractivity contribution in [2.24, 2.45) is 5.92 Å². The van der Waals surface area contributed by atoms with Crippen LogP contribution >= 0.6 is 0 Å². The molecular weight excluding hydrogens is 222 g/mol. The van der Waals surface area contributed by atoms with Gasteiger partial charge >= 0.3 is 0 Å². The van der Waals surface area contributed by atoms with Crippen LogP contribution in [0.3, 0.4) is 0 Å². The van der Waals surface area contributed by atoms with Crippen LogP contribution in [-0.4, -0.2) is 42.4 Å². The van der Waals surface area contributed by atoms with E-state index in [2.05, 4.69) is 15.0 Å². The molecule has 1 saturated carbocycles. The predicted molar refractivity (Wildman–Crippen MR) is 60.0 cm³/mol. The highest BCUT2D eigenvalue weighted by Crippen LogP contribution is 2.39. The van der Waals surface area contributed by atoms with Gasteiger partial charge in [0, 0.05) is 12.5 Å². The van der Waals surface area contributed by atoms with Crippen LogP contribution < -0.4 is 5.73 Å². The number of aromatic nitrogens is 4. The molecule has 0 radical (unpaired) electrons. The fourth-order valence-electron chi connectivity index (χ4n) is 2.28. The molecule has 2 aromatic rings. The second-order valence-corrected chi connectivity index (χ2v) is 4.32. The monoisotopic (exact) mass is 235 g/mol. The third-order valence-electron chi connectivity index (χ3n) is 3.40. The van der Waals surface area contributed by atoms with Gasteiger partial charge in [-0.2, -0.15) is 0 Å². The number of fused-ring (bicyclic) bond motifs is 1. The molecule has 0 aliphatic heterocycles. The van der Waals surface area contributed by atoms with Crippen molar-refractivity contribution in [1.82, 2.24) is 19.5 Å². The maximum atomic E-state index is 9.88. The summed E-state index contributed by atoms with van der Waals surface area (Å²) in [6.07, 6.45) is 3.14. The number of nitrogens with two attached hydrogens (primary N) is 1. The molecule has 0 bridgehead atoms. The van der Waals surface area contributed by atoms with E-state index in [-0.39, 0.29) is 18.6 Å². The third-order valence-corrected chi connectivity index (χ3v) is 3.40. The van der Waals surface area contributed by atoms with E-state index in [9.17, 15) is 5.11 Å². The summed E-state index contributed by atoms with van der Waals surface area (Å²) in [5.74, 6) is 0.276. The predicted octanol–water partition coefficient (Wildman–Crippen LogP) is -0.677. The van der Waals surface area contributed by atoms with Crippen LogP contribution in [-0.2, 0) is 0 Å². The fourth-order valence-corrected chi connectivity index (χ4v) is 2.28. The van der Waals surface area contributed by atoms with Gasteiger partial charge in [-0.15, -0.1) is 0 Å². The first kappa shape index (κ1) is 10.4. The Bertz CT molecular complexity index is 555. The molecule has 0 amide bonds. The molecule has 0 aromatic carbocycles. The summed E-state index contributed by atoms with van der Waals surface area (Å²) in [7, 11) is 0.